The van der Waals surface area contributed by atoms with E-state index in [4.69, 9.17) is 25.7 Å². The number of carbonyl (C=O) groups excluding carboxylic acids is 2. The van der Waals surface area contributed by atoms with Gasteiger partial charge in [-0.05, 0) is 73.2 Å². The maximum absolute atomic E-state index is 12.4. The fourth-order valence-corrected chi connectivity index (χ4v) is 3.79. The number of benzene rings is 2. The molecule has 0 bridgehead atoms. The number of rotatable bonds is 10. The van der Waals surface area contributed by atoms with Crippen LogP contribution in [0.25, 0.3) is 6.08 Å². The Morgan fingerprint density at radius 2 is 1.71 bits per heavy atom. The van der Waals surface area contributed by atoms with E-state index in [1.807, 2.05) is 0 Å². The fraction of sp³-hybridized carbons (Fsp3) is 0.333. The van der Waals surface area contributed by atoms with Crippen molar-refractivity contribution in [2.45, 2.75) is 44.3 Å². The molecule has 0 atom stereocenters. The van der Waals surface area contributed by atoms with E-state index in [0.717, 1.165) is 36.8 Å². The summed E-state index contributed by atoms with van der Waals surface area (Å²) in [6.07, 6.45) is 8.66. The van der Waals surface area contributed by atoms with Gasteiger partial charge in [-0.25, -0.2) is 9.59 Å². The number of nitrogens with two attached hydrogens (primary N) is 2. The van der Waals surface area contributed by atoms with Crippen molar-refractivity contribution in [2.24, 2.45) is 0 Å². The van der Waals surface area contributed by atoms with Gasteiger partial charge in [0, 0.05) is 23.9 Å². The third-order valence-electron chi connectivity index (χ3n) is 5.69. The minimum absolute atomic E-state index is 0.0897. The van der Waals surface area contributed by atoms with E-state index in [1.165, 1.54) is 6.08 Å². The first kappa shape index (κ1) is 25.1. The third-order valence-corrected chi connectivity index (χ3v) is 5.69. The lowest BCUT2D eigenvalue weighted by Gasteiger charge is -2.28. The Morgan fingerprint density at radius 3 is 2.41 bits per heavy atom. The van der Waals surface area contributed by atoms with Crippen LogP contribution in [0.15, 0.2) is 61.2 Å². The quantitative estimate of drug-likeness (QED) is 0.233. The van der Waals surface area contributed by atoms with E-state index in [-0.39, 0.29) is 24.8 Å². The van der Waals surface area contributed by atoms with Gasteiger partial charge in [0.05, 0.1) is 24.9 Å². The van der Waals surface area contributed by atoms with Crippen molar-refractivity contribution in [3.05, 3.63) is 77.9 Å². The summed E-state index contributed by atoms with van der Waals surface area (Å²) in [6, 6.07) is 12.1. The van der Waals surface area contributed by atoms with Crippen LogP contribution in [-0.4, -0.2) is 37.4 Å². The Morgan fingerprint density at radius 1 is 1.00 bits per heavy atom. The lowest BCUT2D eigenvalue weighted by Crippen LogP contribution is -2.28. The molecule has 1 aliphatic carbocycles. The first-order chi connectivity index (χ1) is 16.4. The normalized spacial score (nSPS) is 17.9. The largest absolute Gasteiger partial charge is 0.462 e. The molecule has 180 valence electrons. The Bertz CT molecular complexity index is 1010. The minimum atomic E-state index is -0.460. The molecule has 34 heavy (non-hydrogen) atoms. The summed E-state index contributed by atoms with van der Waals surface area (Å²) in [5.41, 5.74) is 15.0. The summed E-state index contributed by atoms with van der Waals surface area (Å²) >= 11 is 0. The van der Waals surface area contributed by atoms with Crippen LogP contribution in [0.2, 0.25) is 0 Å². The molecule has 7 nitrogen and oxygen atoms in total. The molecule has 7 heteroatoms. The van der Waals surface area contributed by atoms with E-state index >= 15 is 0 Å². The summed E-state index contributed by atoms with van der Waals surface area (Å²) < 4.78 is 16.5. The number of hydrogen-bond donors (Lipinski definition) is 2. The van der Waals surface area contributed by atoms with Gasteiger partial charge in [0.25, 0.3) is 0 Å². The van der Waals surface area contributed by atoms with Crippen LogP contribution in [0, 0.1) is 0 Å². The highest BCUT2D eigenvalue weighted by Crippen LogP contribution is 2.24. The van der Waals surface area contributed by atoms with Crippen LogP contribution < -0.4 is 11.5 Å². The molecule has 0 aliphatic heterocycles. The van der Waals surface area contributed by atoms with Crippen molar-refractivity contribution >= 4 is 29.4 Å². The predicted octanol–water partition coefficient (Wildman–Crippen LogP) is 4.32. The summed E-state index contributed by atoms with van der Waals surface area (Å²) in [7, 11) is 0. The molecule has 0 aromatic heterocycles. The molecule has 4 N–H and O–H groups in total. The van der Waals surface area contributed by atoms with Crippen molar-refractivity contribution in [1.82, 2.24) is 0 Å². The number of carbonyl (C=O) groups is 2. The van der Waals surface area contributed by atoms with E-state index < -0.39 is 5.97 Å². The Hall–Kier alpha value is -3.58. The molecule has 0 amide bonds. The zero-order chi connectivity index (χ0) is 24.3. The second kappa shape index (κ2) is 12.6. The predicted molar refractivity (Wildman–Crippen MR) is 133 cm³/mol. The van der Waals surface area contributed by atoms with Gasteiger partial charge >= 0.3 is 11.9 Å². The lowest BCUT2D eigenvalue weighted by atomic mass is 9.95. The number of esters is 2. The molecular weight excluding hydrogens is 432 g/mol. The minimum Gasteiger partial charge on any atom is -0.462 e. The van der Waals surface area contributed by atoms with Crippen molar-refractivity contribution < 1.29 is 23.8 Å². The molecule has 1 fully saturated rings. The monoisotopic (exact) mass is 464 g/mol. The molecule has 3 rings (SSSR count). The number of nitrogen functional groups attached to an aromatic ring is 2. The number of hydrogen-bond acceptors (Lipinski definition) is 7. The highest BCUT2D eigenvalue weighted by atomic mass is 16.5. The number of ether oxygens (including phenoxy) is 3. The van der Waals surface area contributed by atoms with E-state index in [9.17, 15) is 9.59 Å². The summed E-state index contributed by atoms with van der Waals surface area (Å²) in [5, 5.41) is 0. The molecule has 2 aromatic rings. The second-order valence-corrected chi connectivity index (χ2v) is 8.26. The number of anilines is 2. The van der Waals surface area contributed by atoms with Gasteiger partial charge in [-0.3, -0.25) is 0 Å². The second-order valence-electron chi connectivity index (χ2n) is 8.26. The molecule has 0 heterocycles. The summed E-state index contributed by atoms with van der Waals surface area (Å²) in [6.45, 7) is 4.40. The van der Waals surface area contributed by atoms with Crippen LogP contribution >= 0.6 is 0 Å². The molecule has 1 aliphatic rings. The van der Waals surface area contributed by atoms with Gasteiger partial charge in [-0.15, -0.1) is 6.58 Å². The maximum atomic E-state index is 12.4. The van der Waals surface area contributed by atoms with Gasteiger partial charge in [-0.2, -0.15) is 0 Å². The third kappa shape index (κ3) is 7.78. The first-order valence-electron chi connectivity index (χ1n) is 11.5. The fourth-order valence-electron chi connectivity index (χ4n) is 3.79. The zero-order valence-corrected chi connectivity index (χ0v) is 19.3. The van der Waals surface area contributed by atoms with Crippen molar-refractivity contribution in [2.75, 3.05) is 24.7 Å². The van der Waals surface area contributed by atoms with Crippen LogP contribution in [0.4, 0.5) is 11.4 Å². The van der Waals surface area contributed by atoms with Crippen molar-refractivity contribution in [3.63, 3.8) is 0 Å². The van der Waals surface area contributed by atoms with Gasteiger partial charge < -0.3 is 25.7 Å². The standard InChI is InChI=1S/C27H32N2O5/c1-2-16-32-23-9-11-24(12-10-23)34-27(31)20-6-3-19(4-7-20)5-14-26(30)33-17-15-21-18-22(28)8-13-25(21)29/h2-8,13-14,18,23-24H,1,9-12,15-17,28-29H2/b14-5+. The SMILES string of the molecule is C=CCOC1CCC(OC(=O)c2ccc(/C=C/C(=O)OCCc3cc(N)ccc3N)cc2)CC1. The topological polar surface area (TPSA) is 114 Å². The first-order valence-corrected chi connectivity index (χ1v) is 11.5. The van der Waals surface area contributed by atoms with Crippen LogP contribution in [-0.2, 0) is 25.4 Å². The van der Waals surface area contributed by atoms with Crippen LogP contribution in [0.5, 0.6) is 0 Å². The Balaban J connectivity index is 1.41. The molecule has 1 saturated carbocycles. The molecule has 0 spiro atoms. The zero-order valence-electron chi connectivity index (χ0n) is 19.3. The van der Waals surface area contributed by atoms with Gasteiger partial charge in [0.1, 0.15) is 6.10 Å². The summed E-state index contributed by atoms with van der Waals surface area (Å²) in [5.74, 6) is -0.801. The van der Waals surface area contributed by atoms with Crippen molar-refractivity contribution in [3.8, 4) is 0 Å². The van der Waals surface area contributed by atoms with Gasteiger partial charge in [0.15, 0.2) is 0 Å². The molecule has 0 saturated heterocycles. The molecular formula is C27H32N2O5. The Kier molecular flexibility index (Phi) is 9.29. The molecule has 0 unspecified atom stereocenters. The molecule has 0 radical (unpaired) electrons. The maximum Gasteiger partial charge on any atom is 0.338 e. The smallest absolute Gasteiger partial charge is 0.338 e. The molecule has 2 aromatic carbocycles. The van der Waals surface area contributed by atoms with E-state index in [1.54, 1.807) is 54.6 Å². The highest BCUT2D eigenvalue weighted by molar-refractivity contribution is 5.90. The van der Waals surface area contributed by atoms with Gasteiger partial charge in [0.2, 0.25) is 0 Å². The van der Waals surface area contributed by atoms with Crippen molar-refractivity contribution in [1.29, 1.82) is 0 Å². The van der Waals surface area contributed by atoms with E-state index in [0.29, 0.717) is 30.0 Å². The highest BCUT2D eigenvalue weighted by Gasteiger charge is 2.24. The van der Waals surface area contributed by atoms with Gasteiger partial charge in [-0.1, -0.05) is 18.2 Å². The van der Waals surface area contributed by atoms with Crippen LogP contribution in [0.3, 0.4) is 0 Å². The summed E-state index contributed by atoms with van der Waals surface area (Å²) in [4.78, 5) is 24.4. The Labute approximate surface area is 200 Å². The van der Waals surface area contributed by atoms with Crippen LogP contribution in [0.1, 0.15) is 47.2 Å². The average Bonchev–Trinajstić information content (AvgIpc) is 2.84. The average molecular weight is 465 g/mol. The van der Waals surface area contributed by atoms with E-state index in [2.05, 4.69) is 6.58 Å². The lowest BCUT2D eigenvalue weighted by molar-refractivity contribution is -0.137.